The van der Waals surface area contributed by atoms with Gasteiger partial charge in [0.25, 0.3) is 0 Å². The Morgan fingerprint density at radius 3 is 2.90 bits per heavy atom. The van der Waals surface area contributed by atoms with E-state index < -0.39 is 0 Å². The van der Waals surface area contributed by atoms with Crippen molar-refractivity contribution in [1.82, 2.24) is 30.1 Å². The number of ether oxygens (including phenoxy) is 1. The molecular weight excluding hydrogens is 368 g/mol. The van der Waals surface area contributed by atoms with Gasteiger partial charge in [0.05, 0.1) is 23.0 Å². The molecule has 5 aromatic rings. The summed E-state index contributed by atoms with van der Waals surface area (Å²) < 4.78 is 5.28. The Balaban J connectivity index is 1.65. The highest BCUT2D eigenvalue weighted by Gasteiger charge is 2.15. The van der Waals surface area contributed by atoms with Crippen molar-refractivity contribution >= 4 is 28.4 Å². The van der Waals surface area contributed by atoms with E-state index in [1.807, 2.05) is 24.3 Å². The third kappa shape index (κ3) is 2.95. The number of fused-ring (bicyclic) bond motifs is 2. The molecule has 0 saturated heterocycles. The van der Waals surface area contributed by atoms with Gasteiger partial charge in [-0.05, 0) is 18.2 Å². The molecule has 0 bridgehead atoms. The number of pyridine rings is 2. The van der Waals surface area contributed by atoms with Crippen molar-refractivity contribution in [2.24, 2.45) is 0 Å². The van der Waals surface area contributed by atoms with Crippen molar-refractivity contribution in [3.8, 4) is 22.6 Å². The summed E-state index contributed by atoms with van der Waals surface area (Å²) in [4.78, 5) is 27.7. The predicted molar refractivity (Wildman–Crippen MR) is 108 cm³/mol. The lowest BCUT2D eigenvalue weighted by Crippen LogP contribution is -1.89. The Morgan fingerprint density at radius 2 is 2.03 bits per heavy atom. The van der Waals surface area contributed by atoms with E-state index in [4.69, 9.17) is 9.72 Å². The lowest BCUT2D eigenvalue weighted by Gasteiger charge is -2.02. The summed E-state index contributed by atoms with van der Waals surface area (Å²) in [6.45, 7) is 0.483. The fourth-order valence-electron chi connectivity index (χ4n) is 3.40. The molecule has 0 radical (unpaired) electrons. The molecule has 0 saturated carbocycles. The molecular formula is C21H16N6O2. The van der Waals surface area contributed by atoms with E-state index in [-0.39, 0.29) is 0 Å². The van der Waals surface area contributed by atoms with Crippen LogP contribution in [0.5, 0.6) is 0 Å². The summed E-state index contributed by atoms with van der Waals surface area (Å²) in [5.41, 5.74) is 6.28. The Labute approximate surface area is 165 Å². The molecule has 0 atom stereocenters. The van der Waals surface area contributed by atoms with Crippen LogP contribution >= 0.6 is 0 Å². The number of rotatable bonds is 5. The number of hydrogen-bond donors (Lipinski definition) is 2. The molecule has 0 fully saturated rings. The highest BCUT2D eigenvalue weighted by Crippen LogP contribution is 2.29. The topological polar surface area (TPSA) is 109 Å². The van der Waals surface area contributed by atoms with Crippen LogP contribution in [0.4, 0.5) is 0 Å². The summed E-state index contributed by atoms with van der Waals surface area (Å²) in [6.07, 6.45) is 5.72. The van der Waals surface area contributed by atoms with Crippen LogP contribution in [0, 0.1) is 0 Å². The van der Waals surface area contributed by atoms with Crippen LogP contribution in [-0.2, 0) is 11.3 Å². The zero-order valence-corrected chi connectivity index (χ0v) is 15.5. The van der Waals surface area contributed by atoms with E-state index in [1.54, 1.807) is 25.6 Å². The first-order chi connectivity index (χ1) is 14.3. The van der Waals surface area contributed by atoms with Gasteiger partial charge < -0.3 is 9.72 Å². The summed E-state index contributed by atoms with van der Waals surface area (Å²) in [5, 5.41) is 8.16. The molecule has 8 nitrogen and oxygen atoms in total. The third-order valence-corrected chi connectivity index (χ3v) is 4.77. The molecule has 4 heterocycles. The number of methoxy groups -OCH3 is 1. The number of carbonyl (C=O) groups excluding carboxylic acids is 1. The number of aldehydes is 1. The van der Waals surface area contributed by atoms with Gasteiger partial charge in [-0.15, -0.1) is 0 Å². The molecule has 29 heavy (non-hydrogen) atoms. The van der Waals surface area contributed by atoms with Crippen molar-refractivity contribution in [2.75, 3.05) is 7.11 Å². The number of aromatic nitrogens is 6. The van der Waals surface area contributed by atoms with Crippen molar-refractivity contribution in [1.29, 1.82) is 0 Å². The number of nitrogens with one attached hydrogen (secondary N) is 2. The molecule has 4 aromatic heterocycles. The van der Waals surface area contributed by atoms with Gasteiger partial charge in [0.15, 0.2) is 17.8 Å². The van der Waals surface area contributed by atoms with Crippen LogP contribution in [0.3, 0.4) is 0 Å². The van der Waals surface area contributed by atoms with E-state index in [0.717, 1.165) is 45.1 Å². The smallest absolute Gasteiger partial charge is 0.181 e. The van der Waals surface area contributed by atoms with Crippen LogP contribution in [0.15, 0.2) is 48.9 Å². The fourth-order valence-corrected chi connectivity index (χ4v) is 3.40. The zero-order valence-electron chi connectivity index (χ0n) is 15.5. The molecule has 1 aromatic carbocycles. The summed E-state index contributed by atoms with van der Waals surface area (Å²) in [7, 11) is 1.66. The molecule has 0 aliphatic heterocycles. The number of para-hydroxylation sites is 1. The first kappa shape index (κ1) is 17.2. The standard InChI is InChI=1S/C21H16N6O2/c1-29-11-13-3-2-4-17-18(13)25-21(24-17)19-16-6-15(9-23-20(16)27-26-19)14-5-12(10-28)7-22-8-14/h2-10H,11H2,1H3,(H,24,25)(H,23,26,27). The van der Waals surface area contributed by atoms with Gasteiger partial charge in [0.2, 0.25) is 0 Å². The Bertz CT molecular complexity index is 1350. The van der Waals surface area contributed by atoms with Crippen LogP contribution in [-0.4, -0.2) is 43.5 Å². The van der Waals surface area contributed by atoms with E-state index in [2.05, 4.69) is 25.1 Å². The van der Waals surface area contributed by atoms with Crippen molar-refractivity contribution < 1.29 is 9.53 Å². The van der Waals surface area contributed by atoms with Crippen LogP contribution < -0.4 is 0 Å². The second kappa shape index (κ2) is 6.92. The lowest BCUT2D eigenvalue weighted by atomic mass is 10.1. The van der Waals surface area contributed by atoms with Crippen molar-refractivity contribution in [3.63, 3.8) is 0 Å². The zero-order chi connectivity index (χ0) is 19.8. The summed E-state index contributed by atoms with van der Waals surface area (Å²) in [6, 6.07) is 9.69. The first-order valence-electron chi connectivity index (χ1n) is 8.98. The molecule has 5 rings (SSSR count). The average molecular weight is 384 g/mol. The predicted octanol–water partition coefficient (Wildman–Crippen LogP) is 3.52. The van der Waals surface area contributed by atoms with Crippen molar-refractivity contribution in [3.05, 3.63) is 60.0 Å². The second-order valence-corrected chi connectivity index (χ2v) is 6.65. The monoisotopic (exact) mass is 384 g/mol. The Morgan fingerprint density at radius 1 is 1.14 bits per heavy atom. The van der Waals surface area contributed by atoms with Crippen LogP contribution in [0.25, 0.3) is 44.7 Å². The molecule has 2 N–H and O–H groups in total. The minimum absolute atomic E-state index is 0.483. The van der Waals surface area contributed by atoms with E-state index in [0.29, 0.717) is 23.6 Å². The highest BCUT2D eigenvalue weighted by molar-refractivity contribution is 5.94. The number of hydrogen-bond acceptors (Lipinski definition) is 6. The quantitative estimate of drug-likeness (QED) is 0.449. The normalized spacial score (nSPS) is 11.3. The molecule has 0 aliphatic rings. The summed E-state index contributed by atoms with van der Waals surface area (Å²) in [5.74, 6) is 0.671. The first-order valence-corrected chi connectivity index (χ1v) is 8.98. The van der Waals surface area contributed by atoms with Crippen LogP contribution in [0.2, 0.25) is 0 Å². The lowest BCUT2D eigenvalue weighted by molar-refractivity contribution is 0.112. The minimum Gasteiger partial charge on any atom is -0.380 e. The minimum atomic E-state index is 0.483. The maximum atomic E-state index is 11.1. The maximum Gasteiger partial charge on any atom is 0.181 e. The largest absolute Gasteiger partial charge is 0.380 e. The Kier molecular flexibility index (Phi) is 4.10. The number of carbonyl (C=O) groups is 1. The van der Waals surface area contributed by atoms with E-state index in [9.17, 15) is 4.79 Å². The van der Waals surface area contributed by atoms with Gasteiger partial charge in [-0.2, -0.15) is 5.10 Å². The molecule has 8 heteroatoms. The Hall–Kier alpha value is -3.91. The van der Waals surface area contributed by atoms with E-state index in [1.165, 1.54) is 6.20 Å². The molecule has 0 aliphatic carbocycles. The molecule has 0 spiro atoms. The summed E-state index contributed by atoms with van der Waals surface area (Å²) >= 11 is 0. The highest BCUT2D eigenvalue weighted by atomic mass is 16.5. The SMILES string of the molecule is COCc1cccc2[nH]c(-c3[nH]nc4ncc(-c5cncc(C=O)c5)cc34)nc12. The van der Waals surface area contributed by atoms with E-state index >= 15 is 0 Å². The van der Waals surface area contributed by atoms with Gasteiger partial charge in [0, 0.05) is 48.0 Å². The third-order valence-electron chi connectivity index (χ3n) is 4.77. The van der Waals surface area contributed by atoms with Gasteiger partial charge >= 0.3 is 0 Å². The molecule has 0 unspecified atom stereocenters. The fraction of sp³-hybridized carbons (Fsp3) is 0.0952. The van der Waals surface area contributed by atoms with Gasteiger partial charge in [0.1, 0.15) is 5.69 Å². The van der Waals surface area contributed by atoms with Gasteiger partial charge in [-0.3, -0.25) is 14.9 Å². The average Bonchev–Trinajstić information content (AvgIpc) is 3.38. The van der Waals surface area contributed by atoms with Gasteiger partial charge in [-0.1, -0.05) is 12.1 Å². The maximum absolute atomic E-state index is 11.1. The second-order valence-electron chi connectivity index (χ2n) is 6.65. The number of benzene rings is 1. The molecule has 142 valence electrons. The number of H-pyrrole nitrogens is 2. The van der Waals surface area contributed by atoms with Gasteiger partial charge in [-0.25, -0.2) is 9.97 Å². The number of nitrogens with zero attached hydrogens (tertiary/aromatic N) is 4. The number of aromatic amines is 2. The van der Waals surface area contributed by atoms with Crippen molar-refractivity contribution in [2.45, 2.75) is 6.61 Å². The van der Waals surface area contributed by atoms with Crippen LogP contribution in [0.1, 0.15) is 15.9 Å². The number of imidazole rings is 1. The molecule has 0 amide bonds.